The molecule has 112 valence electrons. The lowest BCUT2D eigenvalue weighted by Crippen LogP contribution is -2.08. The van der Waals surface area contributed by atoms with Crippen molar-refractivity contribution in [1.82, 2.24) is 5.16 Å². The van der Waals surface area contributed by atoms with Crippen LogP contribution in [0.1, 0.15) is 16.1 Å². The lowest BCUT2D eigenvalue weighted by atomic mass is 10.1. The summed E-state index contributed by atoms with van der Waals surface area (Å²) in [4.78, 5) is 10.7. The van der Waals surface area contributed by atoms with Crippen LogP contribution in [0.25, 0.3) is 11.3 Å². The molecule has 0 atom stereocenters. The van der Waals surface area contributed by atoms with E-state index in [9.17, 15) is 18.0 Å². The van der Waals surface area contributed by atoms with Crippen LogP contribution in [0.4, 0.5) is 13.2 Å². The Morgan fingerprint density at radius 2 is 2.05 bits per heavy atom. The number of nitrogens with zero attached hydrogens (tertiary/aromatic N) is 1. The molecule has 0 aliphatic carbocycles. The van der Waals surface area contributed by atoms with Gasteiger partial charge in [-0.15, -0.1) is 0 Å². The Morgan fingerprint density at radius 3 is 2.52 bits per heavy atom. The molecule has 0 aliphatic rings. The van der Waals surface area contributed by atoms with Crippen molar-refractivity contribution < 1.29 is 32.3 Å². The molecule has 2 rings (SSSR count). The maximum Gasteiger partial charge on any atom is 0.420 e. The summed E-state index contributed by atoms with van der Waals surface area (Å²) in [6, 6.07) is 2.92. The van der Waals surface area contributed by atoms with E-state index in [1.54, 1.807) is 0 Å². The van der Waals surface area contributed by atoms with Crippen LogP contribution in [0.2, 0.25) is 5.02 Å². The van der Waals surface area contributed by atoms with Crippen LogP contribution >= 0.6 is 11.6 Å². The summed E-state index contributed by atoms with van der Waals surface area (Å²) >= 11 is 5.76. The zero-order valence-corrected chi connectivity index (χ0v) is 11.1. The van der Waals surface area contributed by atoms with E-state index in [0.717, 1.165) is 19.2 Å². The number of rotatable bonds is 3. The van der Waals surface area contributed by atoms with Crippen molar-refractivity contribution in [1.29, 1.82) is 0 Å². The highest BCUT2D eigenvalue weighted by Crippen LogP contribution is 2.43. The Hall–Kier alpha value is -2.22. The fourth-order valence-electron chi connectivity index (χ4n) is 1.67. The van der Waals surface area contributed by atoms with E-state index in [1.807, 2.05) is 0 Å². The topological polar surface area (TPSA) is 72.6 Å². The zero-order valence-electron chi connectivity index (χ0n) is 10.4. The molecular weight excluding hydrogens is 315 g/mol. The summed E-state index contributed by atoms with van der Waals surface area (Å²) in [6.07, 6.45) is -4.69. The van der Waals surface area contributed by atoms with E-state index in [0.29, 0.717) is 0 Å². The van der Waals surface area contributed by atoms with Crippen LogP contribution in [0.5, 0.6) is 5.75 Å². The average Bonchev–Trinajstić information content (AvgIpc) is 2.86. The number of hydrogen-bond acceptors (Lipinski definition) is 4. The van der Waals surface area contributed by atoms with Crippen LogP contribution in [-0.4, -0.2) is 23.3 Å². The monoisotopic (exact) mass is 321 g/mol. The third-order valence-corrected chi connectivity index (χ3v) is 2.85. The van der Waals surface area contributed by atoms with Crippen molar-refractivity contribution in [3.05, 3.63) is 34.5 Å². The van der Waals surface area contributed by atoms with Crippen molar-refractivity contribution in [2.75, 3.05) is 7.11 Å². The number of ether oxygens (including phenoxy) is 1. The minimum absolute atomic E-state index is 0.0619. The van der Waals surface area contributed by atoms with Gasteiger partial charge in [0.25, 0.3) is 0 Å². The van der Waals surface area contributed by atoms with E-state index in [-0.39, 0.29) is 16.3 Å². The number of aromatic nitrogens is 1. The van der Waals surface area contributed by atoms with E-state index >= 15 is 0 Å². The second-order valence-electron chi connectivity index (χ2n) is 3.92. The molecule has 9 heteroatoms. The SMILES string of the molecule is COc1c(Cl)cc(-c2cc(C(=O)O)no2)cc1C(F)(F)F. The number of alkyl halides is 3. The lowest BCUT2D eigenvalue weighted by molar-refractivity contribution is -0.138. The molecule has 0 radical (unpaired) electrons. The van der Waals surface area contributed by atoms with Crippen molar-refractivity contribution in [3.63, 3.8) is 0 Å². The molecule has 5 nitrogen and oxygen atoms in total. The van der Waals surface area contributed by atoms with Gasteiger partial charge in [-0.25, -0.2) is 4.79 Å². The minimum Gasteiger partial charge on any atom is -0.495 e. The summed E-state index contributed by atoms with van der Waals surface area (Å²) in [7, 11) is 1.06. The van der Waals surface area contributed by atoms with Gasteiger partial charge in [-0.05, 0) is 12.1 Å². The third kappa shape index (κ3) is 2.94. The second kappa shape index (κ2) is 5.28. The minimum atomic E-state index is -4.69. The predicted octanol–water partition coefficient (Wildman–Crippen LogP) is 3.72. The number of carboxylic acid groups (broad SMARTS) is 1. The first-order valence-electron chi connectivity index (χ1n) is 5.39. The first-order chi connectivity index (χ1) is 9.74. The molecule has 1 heterocycles. The molecule has 2 aromatic rings. The van der Waals surface area contributed by atoms with Gasteiger partial charge < -0.3 is 14.4 Å². The van der Waals surface area contributed by atoms with Gasteiger partial charge >= 0.3 is 12.1 Å². The highest BCUT2D eigenvalue weighted by atomic mass is 35.5. The fourth-order valence-corrected chi connectivity index (χ4v) is 1.96. The number of aromatic carboxylic acids is 1. The van der Waals surface area contributed by atoms with Crippen LogP contribution in [0.15, 0.2) is 22.7 Å². The molecule has 0 unspecified atom stereocenters. The summed E-state index contributed by atoms with van der Waals surface area (Å²) in [5.74, 6) is -2.03. The molecule has 0 aliphatic heterocycles. The van der Waals surface area contributed by atoms with Gasteiger partial charge in [0.2, 0.25) is 0 Å². The molecule has 1 aromatic heterocycles. The number of halogens is 4. The number of hydrogen-bond donors (Lipinski definition) is 1. The van der Waals surface area contributed by atoms with Crippen molar-refractivity contribution in [3.8, 4) is 17.1 Å². The molecule has 0 fully saturated rings. The van der Waals surface area contributed by atoms with Crippen LogP contribution in [0, 0.1) is 0 Å². The van der Waals surface area contributed by atoms with E-state index in [1.165, 1.54) is 6.07 Å². The van der Waals surface area contributed by atoms with Crippen LogP contribution < -0.4 is 4.74 Å². The number of methoxy groups -OCH3 is 1. The van der Waals surface area contributed by atoms with Crippen molar-refractivity contribution in [2.45, 2.75) is 6.18 Å². The molecule has 1 N–H and O–H groups in total. The van der Waals surface area contributed by atoms with Crippen LogP contribution in [0.3, 0.4) is 0 Å². The zero-order chi connectivity index (χ0) is 15.8. The Labute approximate surface area is 120 Å². The fraction of sp³-hybridized carbons (Fsp3) is 0.167. The smallest absolute Gasteiger partial charge is 0.420 e. The largest absolute Gasteiger partial charge is 0.495 e. The second-order valence-corrected chi connectivity index (χ2v) is 4.33. The summed E-state index contributed by atoms with van der Waals surface area (Å²) in [5, 5.41) is 11.7. The molecule has 0 saturated heterocycles. The number of benzene rings is 1. The summed E-state index contributed by atoms with van der Waals surface area (Å²) < 4.78 is 48.3. The van der Waals surface area contributed by atoms with Crippen molar-refractivity contribution in [2.24, 2.45) is 0 Å². The molecule has 0 saturated carbocycles. The van der Waals surface area contributed by atoms with Crippen LogP contribution in [-0.2, 0) is 6.18 Å². The maximum atomic E-state index is 13.0. The first kappa shape index (κ1) is 15.2. The van der Waals surface area contributed by atoms with Gasteiger partial charge in [-0.1, -0.05) is 16.8 Å². The average molecular weight is 322 g/mol. The molecule has 21 heavy (non-hydrogen) atoms. The predicted molar refractivity (Wildman–Crippen MR) is 65.5 cm³/mol. The quantitative estimate of drug-likeness (QED) is 0.932. The number of carbonyl (C=O) groups is 1. The first-order valence-corrected chi connectivity index (χ1v) is 5.77. The Balaban J connectivity index is 2.59. The van der Waals surface area contributed by atoms with Gasteiger partial charge in [0.15, 0.2) is 11.5 Å². The van der Waals surface area contributed by atoms with Crippen molar-refractivity contribution >= 4 is 17.6 Å². The van der Waals surface area contributed by atoms with E-state index < -0.39 is 29.2 Å². The van der Waals surface area contributed by atoms with Gasteiger partial charge in [-0.3, -0.25) is 0 Å². The van der Waals surface area contributed by atoms with Gasteiger partial charge in [0.05, 0.1) is 17.7 Å². The Kier molecular flexibility index (Phi) is 3.82. The van der Waals surface area contributed by atoms with Gasteiger partial charge in [0.1, 0.15) is 5.75 Å². The molecular formula is C12H7ClF3NO4. The highest BCUT2D eigenvalue weighted by molar-refractivity contribution is 6.32. The Morgan fingerprint density at radius 1 is 1.38 bits per heavy atom. The number of carboxylic acids is 1. The third-order valence-electron chi connectivity index (χ3n) is 2.57. The maximum absolute atomic E-state index is 13.0. The molecule has 0 spiro atoms. The Bertz CT molecular complexity index is 696. The normalized spacial score (nSPS) is 11.5. The van der Waals surface area contributed by atoms with Gasteiger partial charge in [0, 0.05) is 11.6 Å². The summed E-state index contributed by atoms with van der Waals surface area (Å²) in [5.41, 5.74) is -1.58. The molecule has 0 bridgehead atoms. The molecule has 1 aromatic carbocycles. The van der Waals surface area contributed by atoms with Gasteiger partial charge in [-0.2, -0.15) is 13.2 Å². The van der Waals surface area contributed by atoms with E-state index in [2.05, 4.69) is 9.89 Å². The molecule has 0 amide bonds. The summed E-state index contributed by atoms with van der Waals surface area (Å²) in [6.45, 7) is 0. The van der Waals surface area contributed by atoms with E-state index in [4.69, 9.17) is 21.2 Å². The standard InChI is InChI=1S/C12H7ClF3NO4/c1-20-10-6(12(14,15)16)2-5(3-7(10)13)9-4-8(11(18)19)17-21-9/h2-4H,1H3,(H,18,19). The lowest BCUT2D eigenvalue weighted by Gasteiger charge is -2.14. The highest BCUT2D eigenvalue weighted by Gasteiger charge is 2.36.